The lowest BCUT2D eigenvalue weighted by Crippen LogP contribution is -2.29. The van der Waals surface area contributed by atoms with Gasteiger partial charge in [-0.15, -0.1) is 0 Å². The fourth-order valence-corrected chi connectivity index (χ4v) is 4.66. The molecule has 138 valence electrons. The number of likely N-dealkylation sites (tertiary alicyclic amines) is 1. The van der Waals surface area contributed by atoms with Gasteiger partial charge in [0.15, 0.2) is 0 Å². The zero-order valence-electron chi connectivity index (χ0n) is 13.9. The second-order valence-electron chi connectivity index (χ2n) is 6.14. The number of carbonyl (C=O) groups excluding carboxylic acids is 1. The molecule has 2 aromatic carbocycles. The van der Waals surface area contributed by atoms with Crippen LogP contribution in [0.4, 0.5) is 5.69 Å². The van der Waals surface area contributed by atoms with Gasteiger partial charge in [0.25, 0.3) is 10.0 Å². The van der Waals surface area contributed by atoms with Crippen molar-refractivity contribution in [3.8, 4) is 0 Å². The van der Waals surface area contributed by atoms with Gasteiger partial charge in [0.05, 0.1) is 11.4 Å². The van der Waals surface area contributed by atoms with Crippen LogP contribution >= 0.6 is 23.2 Å². The number of hydrogen-bond donors (Lipinski definition) is 1. The summed E-state index contributed by atoms with van der Waals surface area (Å²) in [5, 5.41) is 0.375. The van der Waals surface area contributed by atoms with Crippen LogP contribution in [0, 0.1) is 0 Å². The molecule has 1 amide bonds. The molecule has 0 bridgehead atoms. The Morgan fingerprint density at radius 3 is 2.35 bits per heavy atom. The molecule has 1 heterocycles. The number of sulfonamides is 1. The van der Waals surface area contributed by atoms with Crippen LogP contribution in [0.15, 0.2) is 47.4 Å². The van der Waals surface area contributed by atoms with Crippen LogP contribution in [0.3, 0.4) is 0 Å². The van der Waals surface area contributed by atoms with E-state index in [1.165, 1.54) is 18.2 Å². The smallest absolute Gasteiger partial charge is 0.263 e. The number of amides is 1. The van der Waals surface area contributed by atoms with Gasteiger partial charge in [0.1, 0.15) is 4.90 Å². The molecule has 1 N–H and O–H groups in total. The number of benzene rings is 2. The Morgan fingerprint density at radius 1 is 1.04 bits per heavy atom. The second-order valence-corrected chi connectivity index (χ2v) is 8.64. The third-order valence-corrected chi connectivity index (χ3v) is 6.30. The topological polar surface area (TPSA) is 66.5 Å². The Hall–Kier alpha value is -1.76. The van der Waals surface area contributed by atoms with Crippen molar-refractivity contribution in [3.63, 3.8) is 0 Å². The highest BCUT2D eigenvalue weighted by Crippen LogP contribution is 2.27. The Morgan fingerprint density at radius 2 is 1.69 bits per heavy atom. The minimum Gasteiger partial charge on any atom is -0.342 e. The minimum atomic E-state index is -3.86. The van der Waals surface area contributed by atoms with Crippen molar-refractivity contribution in [3.05, 3.63) is 58.1 Å². The van der Waals surface area contributed by atoms with Crippen molar-refractivity contribution >= 4 is 44.8 Å². The predicted octanol–water partition coefficient (Wildman–Crippen LogP) is 3.96. The molecule has 1 fully saturated rings. The fraction of sp³-hybridized carbons (Fsp3) is 0.278. The van der Waals surface area contributed by atoms with Crippen LogP contribution in [0.5, 0.6) is 0 Å². The van der Waals surface area contributed by atoms with E-state index in [1.54, 1.807) is 24.3 Å². The molecule has 0 atom stereocenters. The van der Waals surface area contributed by atoms with E-state index in [1.807, 2.05) is 4.90 Å². The molecule has 0 unspecified atom stereocenters. The van der Waals surface area contributed by atoms with Gasteiger partial charge >= 0.3 is 0 Å². The van der Waals surface area contributed by atoms with Crippen molar-refractivity contribution in [2.24, 2.45) is 0 Å². The van der Waals surface area contributed by atoms with E-state index >= 15 is 0 Å². The van der Waals surface area contributed by atoms with Gasteiger partial charge in [0.2, 0.25) is 5.91 Å². The van der Waals surface area contributed by atoms with Crippen LogP contribution in [0.25, 0.3) is 0 Å². The molecule has 0 radical (unpaired) electrons. The summed E-state index contributed by atoms with van der Waals surface area (Å²) >= 11 is 11.8. The monoisotopic (exact) mass is 412 g/mol. The van der Waals surface area contributed by atoms with Gasteiger partial charge in [-0.05, 0) is 48.7 Å². The van der Waals surface area contributed by atoms with Crippen LogP contribution in [-0.2, 0) is 21.2 Å². The first-order chi connectivity index (χ1) is 12.3. The van der Waals surface area contributed by atoms with E-state index in [0.717, 1.165) is 31.5 Å². The first kappa shape index (κ1) is 19.0. The standard InChI is InChI=1S/C18H18Cl2N2O3S/c19-14-5-8-16(20)17(12-14)26(24,25)21-15-6-3-13(4-7-15)11-18(23)22-9-1-2-10-22/h3-8,12,21H,1-2,9-11H2. The summed E-state index contributed by atoms with van der Waals surface area (Å²) in [6, 6.07) is 11.0. The van der Waals surface area contributed by atoms with Crippen molar-refractivity contribution < 1.29 is 13.2 Å². The lowest BCUT2D eigenvalue weighted by Gasteiger charge is -2.15. The first-order valence-corrected chi connectivity index (χ1v) is 10.4. The van der Waals surface area contributed by atoms with Crippen LogP contribution in [0.1, 0.15) is 18.4 Å². The highest BCUT2D eigenvalue weighted by Gasteiger charge is 2.20. The molecule has 1 aliphatic rings. The van der Waals surface area contributed by atoms with Gasteiger partial charge < -0.3 is 4.90 Å². The normalized spacial score (nSPS) is 14.5. The van der Waals surface area contributed by atoms with E-state index in [4.69, 9.17) is 23.2 Å². The van der Waals surface area contributed by atoms with Gasteiger partial charge in [0, 0.05) is 23.8 Å². The number of rotatable bonds is 5. The summed E-state index contributed by atoms with van der Waals surface area (Å²) in [6.07, 6.45) is 2.42. The summed E-state index contributed by atoms with van der Waals surface area (Å²) in [5.74, 6) is 0.0986. The zero-order chi connectivity index (χ0) is 18.7. The van der Waals surface area contributed by atoms with Crippen molar-refractivity contribution in [2.45, 2.75) is 24.2 Å². The number of nitrogens with zero attached hydrogens (tertiary/aromatic N) is 1. The Kier molecular flexibility index (Phi) is 5.75. The Balaban J connectivity index is 1.70. The van der Waals surface area contributed by atoms with Gasteiger partial charge in [-0.2, -0.15) is 0 Å². The summed E-state index contributed by atoms with van der Waals surface area (Å²) in [7, 11) is -3.86. The highest BCUT2D eigenvalue weighted by molar-refractivity contribution is 7.92. The molecule has 1 aliphatic heterocycles. The largest absolute Gasteiger partial charge is 0.342 e. The van der Waals surface area contributed by atoms with Crippen LogP contribution < -0.4 is 4.72 Å². The summed E-state index contributed by atoms with van der Waals surface area (Å²) in [4.78, 5) is 13.9. The average Bonchev–Trinajstić information content (AvgIpc) is 3.13. The van der Waals surface area contributed by atoms with E-state index in [-0.39, 0.29) is 20.8 Å². The molecular formula is C18H18Cl2N2O3S. The van der Waals surface area contributed by atoms with E-state index in [0.29, 0.717) is 12.1 Å². The van der Waals surface area contributed by atoms with Gasteiger partial charge in [-0.1, -0.05) is 35.3 Å². The lowest BCUT2D eigenvalue weighted by molar-refractivity contribution is -0.129. The molecule has 0 aliphatic carbocycles. The van der Waals surface area contributed by atoms with E-state index < -0.39 is 10.0 Å². The van der Waals surface area contributed by atoms with E-state index in [2.05, 4.69) is 4.72 Å². The van der Waals surface area contributed by atoms with Crippen molar-refractivity contribution in [1.29, 1.82) is 0 Å². The highest BCUT2D eigenvalue weighted by atomic mass is 35.5. The third-order valence-electron chi connectivity index (χ3n) is 4.20. The van der Waals surface area contributed by atoms with E-state index in [9.17, 15) is 13.2 Å². The Labute approximate surface area is 163 Å². The molecule has 2 aromatic rings. The van der Waals surface area contributed by atoms with Crippen molar-refractivity contribution in [1.82, 2.24) is 4.90 Å². The zero-order valence-corrected chi connectivity index (χ0v) is 16.2. The fourth-order valence-electron chi connectivity index (χ4n) is 2.84. The number of nitrogens with one attached hydrogen (secondary N) is 1. The average molecular weight is 413 g/mol. The molecule has 0 spiro atoms. The Bertz CT molecular complexity index is 909. The van der Waals surface area contributed by atoms with Crippen LogP contribution in [0.2, 0.25) is 10.0 Å². The maximum Gasteiger partial charge on any atom is 0.263 e. The minimum absolute atomic E-state index is 0.0834. The third kappa shape index (κ3) is 4.50. The molecule has 5 nitrogen and oxygen atoms in total. The molecule has 3 rings (SSSR count). The molecule has 8 heteroatoms. The first-order valence-electron chi connectivity index (χ1n) is 8.20. The van der Waals surface area contributed by atoms with Crippen molar-refractivity contribution in [2.75, 3.05) is 17.8 Å². The molecule has 1 saturated heterocycles. The molecule has 0 aromatic heterocycles. The number of carbonyl (C=O) groups is 1. The summed E-state index contributed by atoms with van der Waals surface area (Å²) in [5.41, 5.74) is 1.23. The predicted molar refractivity (Wildman–Crippen MR) is 103 cm³/mol. The quantitative estimate of drug-likeness (QED) is 0.807. The molecule has 0 saturated carbocycles. The summed E-state index contributed by atoms with van der Waals surface area (Å²) < 4.78 is 27.5. The lowest BCUT2D eigenvalue weighted by atomic mass is 10.1. The molecular weight excluding hydrogens is 395 g/mol. The SMILES string of the molecule is O=C(Cc1ccc(NS(=O)(=O)c2cc(Cl)ccc2Cl)cc1)N1CCCC1. The second kappa shape index (κ2) is 7.86. The maximum absolute atomic E-state index is 12.5. The number of halogens is 2. The number of anilines is 1. The van der Waals surface area contributed by atoms with Gasteiger partial charge in [-0.3, -0.25) is 9.52 Å². The van der Waals surface area contributed by atoms with Gasteiger partial charge in [-0.25, -0.2) is 8.42 Å². The summed E-state index contributed by atoms with van der Waals surface area (Å²) in [6.45, 7) is 1.63. The maximum atomic E-state index is 12.5. The molecule has 26 heavy (non-hydrogen) atoms. The van der Waals surface area contributed by atoms with Crippen LogP contribution in [-0.4, -0.2) is 32.3 Å². The number of hydrogen-bond acceptors (Lipinski definition) is 3.